The molecule has 2 aromatic carbocycles. The summed E-state index contributed by atoms with van der Waals surface area (Å²) in [5, 5.41) is 5.02. The molecule has 0 saturated heterocycles. The second kappa shape index (κ2) is 8.52. The van der Waals surface area contributed by atoms with E-state index in [4.69, 9.17) is 9.72 Å². The van der Waals surface area contributed by atoms with Gasteiger partial charge in [-0.15, -0.1) is 0 Å². The summed E-state index contributed by atoms with van der Waals surface area (Å²) in [5.41, 5.74) is 1.40. The van der Waals surface area contributed by atoms with Crippen LogP contribution in [0.1, 0.15) is 37.6 Å². The second-order valence-electron chi connectivity index (χ2n) is 6.20. The maximum absolute atomic E-state index is 13.1. The van der Waals surface area contributed by atoms with Crippen LogP contribution in [0.2, 0.25) is 0 Å². The van der Waals surface area contributed by atoms with Crippen LogP contribution in [0.15, 0.2) is 50.8 Å². The minimum atomic E-state index is -0.170. The first-order valence-corrected chi connectivity index (χ1v) is 10.4. The number of hydrogen-bond acceptors (Lipinski definition) is 4. The molecule has 0 spiro atoms. The van der Waals surface area contributed by atoms with Gasteiger partial charge in [0.05, 0.1) is 27.8 Å². The smallest absolute Gasteiger partial charge is 0.282 e. The molecule has 1 aromatic heterocycles. The Morgan fingerprint density at radius 1 is 1.33 bits per heavy atom. The van der Waals surface area contributed by atoms with E-state index in [9.17, 15) is 4.79 Å². The van der Waals surface area contributed by atoms with Gasteiger partial charge < -0.3 is 4.74 Å². The zero-order valence-electron chi connectivity index (χ0n) is 15.2. The number of methoxy groups -OCH3 is 1. The lowest BCUT2D eigenvalue weighted by Crippen LogP contribution is -2.23. The van der Waals surface area contributed by atoms with Crippen LogP contribution in [0, 0.1) is 3.57 Å². The molecule has 0 bridgehead atoms. The maximum Gasteiger partial charge on any atom is 0.282 e. The highest BCUT2D eigenvalue weighted by Crippen LogP contribution is 2.22. The Labute approximate surface area is 179 Å². The molecule has 0 aliphatic carbocycles. The van der Waals surface area contributed by atoms with Gasteiger partial charge >= 0.3 is 0 Å². The molecule has 1 atom stereocenters. The van der Waals surface area contributed by atoms with E-state index in [0.29, 0.717) is 16.7 Å². The van der Waals surface area contributed by atoms with Crippen molar-refractivity contribution in [3.8, 4) is 5.75 Å². The predicted octanol–water partition coefficient (Wildman–Crippen LogP) is 5.17. The van der Waals surface area contributed by atoms with Gasteiger partial charge in [0.1, 0.15) is 11.6 Å². The summed E-state index contributed by atoms with van der Waals surface area (Å²) in [5.74, 6) is 1.58. The maximum atomic E-state index is 13.1. The Morgan fingerprint density at radius 3 is 2.78 bits per heavy atom. The number of aromatic nitrogens is 2. The molecule has 0 amide bonds. The molecule has 0 fully saturated rings. The van der Waals surface area contributed by atoms with Gasteiger partial charge in [-0.2, -0.15) is 9.78 Å². The lowest BCUT2D eigenvalue weighted by Gasteiger charge is -2.14. The van der Waals surface area contributed by atoms with E-state index in [1.54, 1.807) is 19.4 Å². The number of rotatable bonds is 5. The number of nitrogens with zero attached hydrogens (tertiary/aromatic N) is 3. The van der Waals surface area contributed by atoms with Crippen LogP contribution in [0.3, 0.4) is 0 Å². The summed E-state index contributed by atoms with van der Waals surface area (Å²) in [7, 11) is 1.64. The fourth-order valence-electron chi connectivity index (χ4n) is 2.67. The fourth-order valence-corrected chi connectivity index (χ4v) is 3.79. The first kappa shape index (κ1) is 20.0. The summed E-state index contributed by atoms with van der Waals surface area (Å²) in [6.45, 7) is 4.12. The highest BCUT2D eigenvalue weighted by molar-refractivity contribution is 14.1. The zero-order valence-corrected chi connectivity index (χ0v) is 19.0. The molecule has 7 heteroatoms. The van der Waals surface area contributed by atoms with Crippen LogP contribution < -0.4 is 10.3 Å². The van der Waals surface area contributed by atoms with Crippen LogP contribution in [-0.4, -0.2) is 23.0 Å². The minimum Gasteiger partial charge on any atom is -0.496 e. The van der Waals surface area contributed by atoms with E-state index in [-0.39, 0.29) is 11.5 Å². The van der Waals surface area contributed by atoms with Crippen LogP contribution >= 0.6 is 38.5 Å². The van der Waals surface area contributed by atoms with Gasteiger partial charge in [-0.1, -0.05) is 29.8 Å². The average Bonchev–Trinajstić information content (AvgIpc) is 2.67. The summed E-state index contributed by atoms with van der Waals surface area (Å²) >= 11 is 5.64. The predicted molar refractivity (Wildman–Crippen MR) is 121 cm³/mol. The van der Waals surface area contributed by atoms with E-state index in [0.717, 1.165) is 25.8 Å². The number of benzene rings is 2. The third-order valence-electron chi connectivity index (χ3n) is 4.38. The molecular weight excluding hydrogens is 521 g/mol. The van der Waals surface area contributed by atoms with Gasteiger partial charge in [0, 0.05) is 10.4 Å². The quantitative estimate of drug-likeness (QED) is 0.332. The lowest BCUT2D eigenvalue weighted by atomic mass is 10.1. The van der Waals surface area contributed by atoms with Crippen molar-refractivity contribution in [1.29, 1.82) is 0 Å². The van der Waals surface area contributed by atoms with Crippen molar-refractivity contribution in [2.75, 3.05) is 7.11 Å². The third kappa shape index (κ3) is 4.24. The Kier molecular flexibility index (Phi) is 6.31. The monoisotopic (exact) mass is 539 g/mol. The minimum absolute atomic E-state index is 0.110. The molecule has 140 valence electrons. The van der Waals surface area contributed by atoms with Gasteiger partial charge in [-0.25, -0.2) is 4.98 Å². The summed E-state index contributed by atoms with van der Waals surface area (Å²) in [6, 6.07) is 11.3. The standard InChI is InChI=1S/C20H19BrIN3O2/c1-4-12(2)19-24-17-7-6-14(21)10-15(17)20(26)25(19)23-11-13-5-8-18(27-3)16(22)9-13/h5-12H,4H2,1-3H3/t12-/m0/s1. The van der Waals surface area contributed by atoms with Crippen molar-refractivity contribution in [3.05, 3.63) is 66.2 Å². The highest BCUT2D eigenvalue weighted by Gasteiger charge is 2.15. The van der Waals surface area contributed by atoms with Crippen molar-refractivity contribution in [2.45, 2.75) is 26.2 Å². The molecule has 3 aromatic rings. The molecule has 27 heavy (non-hydrogen) atoms. The first-order valence-electron chi connectivity index (χ1n) is 8.54. The van der Waals surface area contributed by atoms with Gasteiger partial charge in [0.2, 0.25) is 0 Å². The van der Waals surface area contributed by atoms with Gasteiger partial charge in [0.25, 0.3) is 5.56 Å². The van der Waals surface area contributed by atoms with Crippen LogP contribution in [0.4, 0.5) is 0 Å². The topological polar surface area (TPSA) is 56.5 Å². The van der Waals surface area contributed by atoms with E-state index >= 15 is 0 Å². The highest BCUT2D eigenvalue weighted by atomic mass is 127. The van der Waals surface area contributed by atoms with Crippen molar-refractivity contribution >= 4 is 55.6 Å². The first-order chi connectivity index (χ1) is 12.9. The van der Waals surface area contributed by atoms with Gasteiger partial charge in [0.15, 0.2) is 0 Å². The van der Waals surface area contributed by atoms with Crippen LogP contribution in [0.25, 0.3) is 10.9 Å². The second-order valence-corrected chi connectivity index (χ2v) is 8.27. The van der Waals surface area contributed by atoms with Crippen LogP contribution in [0.5, 0.6) is 5.75 Å². The number of ether oxygens (including phenoxy) is 1. The van der Waals surface area contributed by atoms with E-state index in [1.807, 2.05) is 30.3 Å². The Morgan fingerprint density at radius 2 is 2.11 bits per heavy atom. The van der Waals surface area contributed by atoms with E-state index in [2.05, 4.69) is 57.5 Å². The SMILES string of the molecule is CC[C@H](C)c1nc2ccc(Br)cc2c(=O)n1N=Cc1ccc(OC)c(I)c1. The molecule has 3 rings (SSSR count). The largest absolute Gasteiger partial charge is 0.496 e. The molecular formula is C20H19BrIN3O2. The summed E-state index contributed by atoms with van der Waals surface area (Å²) in [6.07, 6.45) is 2.55. The molecule has 0 aliphatic heterocycles. The lowest BCUT2D eigenvalue weighted by molar-refractivity contribution is 0.412. The van der Waals surface area contributed by atoms with Crippen molar-refractivity contribution < 1.29 is 4.74 Å². The van der Waals surface area contributed by atoms with Crippen molar-refractivity contribution in [2.24, 2.45) is 5.10 Å². The Bertz CT molecular complexity index is 1080. The fraction of sp³-hybridized carbons (Fsp3) is 0.250. The number of hydrogen-bond donors (Lipinski definition) is 0. The van der Waals surface area contributed by atoms with E-state index in [1.165, 1.54) is 4.68 Å². The number of halogens is 2. The Balaban J connectivity index is 2.15. The van der Waals surface area contributed by atoms with E-state index < -0.39 is 0 Å². The van der Waals surface area contributed by atoms with Crippen molar-refractivity contribution in [1.82, 2.24) is 9.66 Å². The zero-order chi connectivity index (χ0) is 19.6. The van der Waals surface area contributed by atoms with Gasteiger partial charge in [-0.3, -0.25) is 4.79 Å². The van der Waals surface area contributed by atoms with Crippen LogP contribution in [-0.2, 0) is 0 Å². The molecule has 0 unspecified atom stereocenters. The average molecular weight is 540 g/mol. The summed E-state index contributed by atoms with van der Waals surface area (Å²) < 4.78 is 8.52. The summed E-state index contributed by atoms with van der Waals surface area (Å²) in [4.78, 5) is 17.8. The molecule has 0 N–H and O–H groups in total. The van der Waals surface area contributed by atoms with Gasteiger partial charge in [-0.05, 0) is 71.0 Å². The Hall–Kier alpha value is -1.74. The molecule has 5 nitrogen and oxygen atoms in total. The molecule has 0 saturated carbocycles. The van der Waals surface area contributed by atoms with Crippen molar-refractivity contribution in [3.63, 3.8) is 0 Å². The third-order valence-corrected chi connectivity index (χ3v) is 5.72. The molecule has 0 aliphatic rings. The normalized spacial score (nSPS) is 12.6. The molecule has 1 heterocycles. The molecule has 0 radical (unpaired) electrons. The number of fused-ring (bicyclic) bond motifs is 1.